The minimum absolute atomic E-state index is 0.0612. The van der Waals surface area contributed by atoms with Gasteiger partial charge in [-0.1, -0.05) is 28.1 Å². The molecule has 3 atom stereocenters. The molecule has 3 nitrogen and oxygen atoms in total. The number of carbonyl (C=O) groups excluding carboxylic acids is 1. The van der Waals surface area contributed by atoms with E-state index in [9.17, 15) is 18.0 Å². The molecule has 0 N–H and O–H groups in total. The van der Waals surface area contributed by atoms with Gasteiger partial charge in [-0.25, -0.2) is 0 Å². The number of fused-ring (bicyclic) bond motifs is 2. The maximum absolute atomic E-state index is 12.7. The molecule has 3 heterocycles. The second kappa shape index (κ2) is 5.53. The lowest BCUT2D eigenvalue weighted by Crippen LogP contribution is -2.74. The van der Waals surface area contributed by atoms with Crippen LogP contribution in [0.4, 0.5) is 13.2 Å². The van der Waals surface area contributed by atoms with Gasteiger partial charge in [0, 0.05) is 42.5 Å². The van der Waals surface area contributed by atoms with Crippen LogP contribution in [0.1, 0.15) is 18.4 Å². The van der Waals surface area contributed by atoms with Crippen molar-refractivity contribution >= 4 is 21.8 Å². The quantitative estimate of drug-likeness (QED) is 0.791. The van der Waals surface area contributed by atoms with Crippen molar-refractivity contribution in [2.45, 2.75) is 31.1 Å². The Labute approximate surface area is 135 Å². The van der Waals surface area contributed by atoms with Crippen LogP contribution >= 0.6 is 15.9 Å². The molecule has 7 heteroatoms. The van der Waals surface area contributed by atoms with Gasteiger partial charge >= 0.3 is 6.18 Å². The number of piperidine rings is 1. The zero-order chi connectivity index (χ0) is 16.1. The number of hydrogen-bond acceptors (Lipinski definition) is 2. The molecule has 1 aromatic carbocycles. The monoisotopic (exact) mass is 376 g/mol. The predicted molar refractivity (Wildman–Crippen MR) is 79.5 cm³/mol. The molecule has 4 rings (SSSR count). The van der Waals surface area contributed by atoms with Crippen LogP contribution in [0.25, 0.3) is 0 Å². The van der Waals surface area contributed by atoms with Crippen molar-refractivity contribution in [3.63, 3.8) is 0 Å². The molecule has 0 aliphatic carbocycles. The SMILES string of the molecule is CC(=O)N1C[C@@H]2C(c3ccc(Br)cc3)[C@H](C1)N2CC(F)(F)F. The van der Waals surface area contributed by atoms with Crippen LogP contribution in [-0.2, 0) is 4.79 Å². The normalized spacial score (nSPS) is 28.4. The van der Waals surface area contributed by atoms with E-state index < -0.39 is 12.7 Å². The smallest absolute Gasteiger partial charge is 0.340 e. The summed E-state index contributed by atoms with van der Waals surface area (Å²) in [5, 5.41) is 0. The number of rotatable bonds is 2. The van der Waals surface area contributed by atoms with E-state index in [0.29, 0.717) is 13.1 Å². The zero-order valence-electron chi connectivity index (χ0n) is 12.0. The van der Waals surface area contributed by atoms with Crippen molar-refractivity contribution in [2.75, 3.05) is 19.6 Å². The van der Waals surface area contributed by atoms with Crippen molar-refractivity contribution in [3.8, 4) is 0 Å². The van der Waals surface area contributed by atoms with E-state index in [-0.39, 0.29) is 23.9 Å². The van der Waals surface area contributed by atoms with Gasteiger partial charge in [0.25, 0.3) is 0 Å². The van der Waals surface area contributed by atoms with Gasteiger partial charge in [-0.2, -0.15) is 13.2 Å². The van der Waals surface area contributed by atoms with E-state index in [4.69, 9.17) is 0 Å². The maximum atomic E-state index is 12.7. The highest BCUT2D eigenvalue weighted by Crippen LogP contribution is 2.46. The average molecular weight is 377 g/mol. The number of piperazine rings is 1. The fourth-order valence-electron chi connectivity index (χ4n) is 3.60. The van der Waals surface area contributed by atoms with Crippen LogP contribution in [0.5, 0.6) is 0 Å². The second-order valence-electron chi connectivity index (χ2n) is 5.92. The molecule has 22 heavy (non-hydrogen) atoms. The molecule has 3 saturated heterocycles. The standard InChI is InChI=1S/C15H16BrF3N2O/c1-9(22)20-6-12-14(10-2-4-11(16)5-3-10)13(7-20)21(12)8-15(17,18)19/h2-5,12-14H,6-8H2,1H3/t12-,13+,14?. The van der Waals surface area contributed by atoms with E-state index in [0.717, 1.165) is 10.0 Å². The van der Waals surface area contributed by atoms with Crippen molar-refractivity contribution < 1.29 is 18.0 Å². The summed E-state index contributed by atoms with van der Waals surface area (Å²) in [5.41, 5.74) is 1.04. The first-order valence-electron chi connectivity index (χ1n) is 7.10. The number of amides is 1. The zero-order valence-corrected chi connectivity index (χ0v) is 13.6. The molecule has 1 amide bonds. The molecule has 2 bridgehead atoms. The van der Waals surface area contributed by atoms with Gasteiger partial charge < -0.3 is 4.90 Å². The Balaban J connectivity index is 1.82. The topological polar surface area (TPSA) is 23.6 Å². The Hall–Kier alpha value is -1.08. The molecule has 1 unspecified atom stereocenters. The Bertz CT molecular complexity index is 561. The van der Waals surface area contributed by atoms with Gasteiger partial charge in [0.2, 0.25) is 5.91 Å². The van der Waals surface area contributed by atoms with E-state index in [1.165, 1.54) is 11.8 Å². The Morgan fingerprint density at radius 3 is 2.23 bits per heavy atom. The van der Waals surface area contributed by atoms with Crippen LogP contribution in [0.3, 0.4) is 0 Å². The van der Waals surface area contributed by atoms with E-state index in [1.807, 2.05) is 24.3 Å². The van der Waals surface area contributed by atoms with Crippen LogP contribution in [0.2, 0.25) is 0 Å². The lowest BCUT2D eigenvalue weighted by atomic mass is 9.71. The molecule has 0 spiro atoms. The fraction of sp³-hybridized carbons (Fsp3) is 0.533. The highest BCUT2D eigenvalue weighted by atomic mass is 79.9. The van der Waals surface area contributed by atoms with Gasteiger partial charge in [0.15, 0.2) is 0 Å². The summed E-state index contributed by atoms with van der Waals surface area (Å²) in [7, 11) is 0. The Morgan fingerprint density at radius 2 is 1.77 bits per heavy atom. The first-order valence-corrected chi connectivity index (χ1v) is 7.89. The van der Waals surface area contributed by atoms with Crippen LogP contribution in [0, 0.1) is 0 Å². The molecule has 0 saturated carbocycles. The first kappa shape index (κ1) is 15.8. The van der Waals surface area contributed by atoms with Gasteiger partial charge in [0.1, 0.15) is 0 Å². The Kier molecular flexibility index (Phi) is 3.97. The molecular formula is C15H16BrF3N2O. The molecule has 0 radical (unpaired) electrons. The lowest BCUT2D eigenvalue weighted by Gasteiger charge is -2.61. The second-order valence-corrected chi connectivity index (χ2v) is 6.84. The summed E-state index contributed by atoms with van der Waals surface area (Å²) in [6.45, 7) is 1.29. The van der Waals surface area contributed by atoms with Crippen molar-refractivity contribution in [3.05, 3.63) is 34.3 Å². The summed E-state index contributed by atoms with van der Waals surface area (Å²) in [5.74, 6) is -0.0121. The highest BCUT2D eigenvalue weighted by Gasteiger charge is 2.56. The van der Waals surface area contributed by atoms with Gasteiger partial charge in [-0.05, 0) is 17.7 Å². The molecular weight excluding hydrogens is 361 g/mol. The molecule has 1 aromatic rings. The van der Waals surface area contributed by atoms with Crippen LogP contribution in [0.15, 0.2) is 28.7 Å². The molecule has 3 fully saturated rings. The van der Waals surface area contributed by atoms with Gasteiger partial charge in [0.05, 0.1) is 6.54 Å². The third kappa shape index (κ3) is 2.88. The third-order valence-electron chi connectivity index (χ3n) is 4.56. The third-order valence-corrected chi connectivity index (χ3v) is 5.09. The summed E-state index contributed by atoms with van der Waals surface area (Å²) < 4.78 is 39.2. The van der Waals surface area contributed by atoms with Crippen molar-refractivity contribution in [1.82, 2.24) is 9.80 Å². The van der Waals surface area contributed by atoms with Crippen LogP contribution in [-0.4, -0.2) is 53.6 Å². The number of carbonyl (C=O) groups is 1. The number of alkyl halides is 3. The lowest BCUT2D eigenvalue weighted by molar-refractivity contribution is -0.196. The van der Waals surface area contributed by atoms with Gasteiger partial charge in [-0.15, -0.1) is 0 Å². The maximum Gasteiger partial charge on any atom is 0.401 e. The largest absolute Gasteiger partial charge is 0.401 e. The fourth-order valence-corrected chi connectivity index (χ4v) is 3.87. The van der Waals surface area contributed by atoms with E-state index >= 15 is 0 Å². The summed E-state index contributed by atoms with van der Waals surface area (Å²) in [6, 6.07) is 7.18. The molecule has 3 aliphatic rings. The predicted octanol–water partition coefficient (Wildman–Crippen LogP) is 3.01. The summed E-state index contributed by atoms with van der Waals surface area (Å²) >= 11 is 3.36. The molecule has 120 valence electrons. The summed E-state index contributed by atoms with van der Waals surface area (Å²) in [4.78, 5) is 14.7. The minimum atomic E-state index is -4.21. The van der Waals surface area contributed by atoms with Gasteiger partial charge in [-0.3, -0.25) is 9.69 Å². The van der Waals surface area contributed by atoms with E-state index in [1.54, 1.807) is 4.90 Å². The number of halogens is 4. The number of nitrogens with zero attached hydrogens (tertiary/aromatic N) is 2. The van der Waals surface area contributed by atoms with Crippen LogP contribution < -0.4 is 0 Å². The average Bonchev–Trinajstić information content (AvgIpc) is 2.44. The van der Waals surface area contributed by atoms with E-state index in [2.05, 4.69) is 15.9 Å². The highest BCUT2D eigenvalue weighted by molar-refractivity contribution is 9.10. The molecule has 3 aliphatic heterocycles. The van der Waals surface area contributed by atoms with Crippen molar-refractivity contribution in [2.24, 2.45) is 0 Å². The number of hydrogen-bond donors (Lipinski definition) is 0. The minimum Gasteiger partial charge on any atom is -0.340 e. The summed E-state index contributed by atoms with van der Waals surface area (Å²) in [6.07, 6.45) is -4.21. The first-order chi connectivity index (χ1) is 10.3. The Morgan fingerprint density at radius 1 is 1.23 bits per heavy atom. The van der Waals surface area contributed by atoms with Crippen molar-refractivity contribution in [1.29, 1.82) is 0 Å². The molecule has 0 aromatic heterocycles. The number of benzene rings is 1.